The van der Waals surface area contributed by atoms with Gasteiger partial charge in [0.05, 0.1) is 5.69 Å². The van der Waals surface area contributed by atoms with Crippen molar-refractivity contribution >= 4 is 23.4 Å². The minimum atomic E-state index is -0.763. The molecule has 1 aromatic heterocycles. The number of halogens is 1. The molecule has 1 rings (SSSR count). The van der Waals surface area contributed by atoms with Crippen molar-refractivity contribution in [3.8, 4) is 6.07 Å². The molecule has 1 heterocycles. The van der Waals surface area contributed by atoms with Crippen LogP contribution in [0.4, 0.5) is 10.5 Å². The summed E-state index contributed by atoms with van der Waals surface area (Å²) in [5.74, 6) is 0. The van der Waals surface area contributed by atoms with Crippen LogP contribution in [0.25, 0.3) is 0 Å². The van der Waals surface area contributed by atoms with E-state index in [0.717, 1.165) is 6.07 Å². The number of rotatable bonds is 1. The molecule has 0 radical (unpaired) electrons. The average molecular weight is 270 g/mol. The van der Waals surface area contributed by atoms with Crippen molar-refractivity contribution in [2.24, 2.45) is 0 Å². The molecule has 96 valence electrons. The Bertz CT molecular complexity index is 566. The molecule has 18 heavy (non-hydrogen) atoms. The van der Waals surface area contributed by atoms with Crippen LogP contribution in [-0.4, -0.2) is 16.7 Å². The summed E-state index contributed by atoms with van der Waals surface area (Å²) in [5.41, 5.74) is -1.21. The summed E-state index contributed by atoms with van der Waals surface area (Å²) < 4.78 is 5.01. The van der Waals surface area contributed by atoms with Crippen molar-refractivity contribution in [1.29, 1.82) is 5.26 Å². The molecule has 1 amide bonds. The standard InChI is InChI=1S/C11H12ClN3O3/c1-11(2,3)18-10(17)14-7-4-8(16)15-9(12)6(7)5-13/h4H,1-3H3,(H2,14,15,16,17). The molecule has 0 bridgehead atoms. The molecule has 0 saturated heterocycles. The zero-order valence-corrected chi connectivity index (χ0v) is 10.9. The molecule has 7 heteroatoms. The number of aromatic nitrogens is 1. The highest BCUT2D eigenvalue weighted by Gasteiger charge is 2.18. The summed E-state index contributed by atoms with van der Waals surface area (Å²) in [4.78, 5) is 25.0. The summed E-state index contributed by atoms with van der Waals surface area (Å²) in [6.07, 6.45) is -0.763. The highest BCUT2D eigenvalue weighted by atomic mass is 35.5. The normalized spacial score (nSPS) is 10.6. The molecule has 2 N–H and O–H groups in total. The van der Waals surface area contributed by atoms with Crippen LogP contribution in [0.5, 0.6) is 0 Å². The van der Waals surface area contributed by atoms with E-state index in [4.69, 9.17) is 21.6 Å². The number of carbonyl (C=O) groups excluding carboxylic acids is 1. The van der Waals surface area contributed by atoms with Gasteiger partial charge in [0, 0.05) is 6.07 Å². The topological polar surface area (TPSA) is 95.0 Å². The molecular weight excluding hydrogens is 258 g/mol. The predicted octanol–water partition coefficient (Wildman–Crippen LogP) is 2.25. The minimum absolute atomic E-state index is 0.0144. The van der Waals surface area contributed by atoms with Gasteiger partial charge in [-0.1, -0.05) is 11.6 Å². The van der Waals surface area contributed by atoms with Crippen molar-refractivity contribution < 1.29 is 9.53 Å². The smallest absolute Gasteiger partial charge is 0.412 e. The fourth-order valence-electron chi connectivity index (χ4n) is 1.15. The van der Waals surface area contributed by atoms with Crippen molar-refractivity contribution in [1.82, 2.24) is 4.98 Å². The zero-order chi connectivity index (χ0) is 13.9. The largest absolute Gasteiger partial charge is 0.444 e. The van der Waals surface area contributed by atoms with E-state index in [0.29, 0.717) is 0 Å². The third-order valence-electron chi connectivity index (χ3n) is 1.74. The van der Waals surface area contributed by atoms with Gasteiger partial charge in [0.25, 0.3) is 5.56 Å². The second-order valence-corrected chi connectivity index (χ2v) is 4.85. The van der Waals surface area contributed by atoms with Crippen LogP contribution < -0.4 is 10.9 Å². The molecule has 0 aliphatic heterocycles. The summed E-state index contributed by atoms with van der Waals surface area (Å²) >= 11 is 5.68. The van der Waals surface area contributed by atoms with E-state index in [1.165, 1.54) is 0 Å². The summed E-state index contributed by atoms with van der Waals surface area (Å²) in [7, 11) is 0. The lowest BCUT2D eigenvalue weighted by atomic mass is 10.2. The van der Waals surface area contributed by atoms with Gasteiger partial charge in [-0.25, -0.2) is 4.79 Å². The fourth-order valence-corrected chi connectivity index (χ4v) is 1.39. The third-order valence-corrected chi connectivity index (χ3v) is 2.03. The lowest BCUT2D eigenvalue weighted by Gasteiger charge is -2.19. The van der Waals surface area contributed by atoms with Gasteiger partial charge in [0.15, 0.2) is 0 Å². The van der Waals surface area contributed by atoms with Crippen LogP contribution in [0.1, 0.15) is 26.3 Å². The van der Waals surface area contributed by atoms with Gasteiger partial charge in [-0.2, -0.15) is 5.26 Å². The van der Waals surface area contributed by atoms with E-state index in [-0.39, 0.29) is 16.4 Å². The maximum atomic E-state index is 11.5. The van der Waals surface area contributed by atoms with Gasteiger partial charge in [-0.3, -0.25) is 10.1 Å². The molecule has 0 aliphatic carbocycles. The first-order valence-electron chi connectivity index (χ1n) is 5.06. The first kappa shape index (κ1) is 14.1. The monoisotopic (exact) mass is 269 g/mol. The predicted molar refractivity (Wildman–Crippen MR) is 66.6 cm³/mol. The van der Waals surface area contributed by atoms with Crippen LogP contribution in [0.15, 0.2) is 10.9 Å². The highest BCUT2D eigenvalue weighted by Crippen LogP contribution is 2.20. The van der Waals surface area contributed by atoms with E-state index in [2.05, 4.69) is 10.3 Å². The second-order valence-electron chi connectivity index (χ2n) is 4.47. The van der Waals surface area contributed by atoms with Gasteiger partial charge in [-0.05, 0) is 20.8 Å². The number of pyridine rings is 1. The molecule has 0 unspecified atom stereocenters. The number of amides is 1. The Balaban J connectivity index is 3.02. The Morgan fingerprint density at radius 2 is 2.17 bits per heavy atom. The number of nitrogens with zero attached hydrogens (tertiary/aromatic N) is 1. The van der Waals surface area contributed by atoms with Crippen LogP contribution in [-0.2, 0) is 4.74 Å². The molecule has 0 fully saturated rings. The Morgan fingerprint density at radius 1 is 1.56 bits per heavy atom. The van der Waals surface area contributed by atoms with Crippen LogP contribution in [0.3, 0.4) is 0 Å². The Morgan fingerprint density at radius 3 is 2.67 bits per heavy atom. The second kappa shape index (κ2) is 5.10. The first-order valence-corrected chi connectivity index (χ1v) is 5.43. The van der Waals surface area contributed by atoms with Gasteiger partial charge in [0.1, 0.15) is 22.4 Å². The molecule has 0 saturated carbocycles. The van der Waals surface area contributed by atoms with Crippen molar-refractivity contribution in [2.45, 2.75) is 26.4 Å². The zero-order valence-electron chi connectivity index (χ0n) is 10.1. The number of hydrogen-bond donors (Lipinski definition) is 2. The quantitative estimate of drug-likeness (QED) is 0.764. The number of aromatic amines is 1. The van der Waals surface area contributed by atoms with E-state index >= 15 is 0 Å². The van der Waals surface area contributed by atoms with E-state index in [1.807, 2.05) is 0 Å². The fraction of sp³-hybridized carbons (Fsp3) is 0.364. The van der Waals surface area contributed by atoms with Gasteiger partial charge in [-0.15, -0.1) is 0 Å². The van der Waals surface area contributed by atoms with Crippen LogP contribution >= 0.6 is 11.6 Å². The van der Waals surface area contributed by atoms with E-state index < -0.39 is 17.3 Å². The molecule has 6 nitrogen and oxygen atoms in total. The lowest BCUT2D eigenvalue weighted by molar-refractivity contribution is 0.0636. The number of carbonyl (C=O) groups is 1. The van der Waals surface area contributed by atoms with E-state index in [9.17, 15) is 9.59 Å². The maximum absolute atomic E-state index is 11.5. The number of ether oxygens (including phenoxy) is 1. The molecule has 0 aliphatic rings. The SMILES string of the molecule is CC(C)(C)OC(=O)Nc1cc(=O)[nH]c(Cl)c1C#N. The molecular formula is C11H12ClN3O3. The van der Waals surface area contributed by atoms with Crippen LogP contribution in [0.2, 0.25) is 5.15 Å². The number of anilines is 1. The Hall–Kier alpha value is -2.00. The summed E-state index contributed by atoms with van der Waals surface area (Å²) in [6.45, 7) is 5.09. The maximum Gasteiger partial charge on any atom is 0.412 e. The number of nitriles is 1. The van der Waals surface area contributed by atoms with Crippen molar-refractivity contribution in [2.75, 3.05) is 5.32 Å². The number of nitrogens with one attached hydrogen (secondary N) is 2. The van der Waals surface area contributed by atoms with Crippen molar-refractivity contribution in [3.63, 3.8) is 0 Å². The third kappa shape index (κ3) is 3.79. The van der Waals surface area contributed by atoms with Crippen molar-refractivity contribution in [3.05, 3.63) is 27.1 Å². The molecule has 0 aromatic carbocycles. The number of H-pyrrole nitrogens is 1. The minimum Gasteiger partial charge on any atom is -0.444 e. The lowest BCUT2D eigenvalue weighted by Crippen LogP contribution is -2.28. The van der Waals surface area contributed by atoms with Gasteiger partial charge >= 0.3 is 6.09 Å². The average Bonchev–Trinajstić information content (AvgIpc) is 2.13. The van der Waals surface area contributed by atoms with Gasteiger partial charge < -0.3 is 9.72 Å². The molecule has 0 atom stereocenters. The van der Waals surface area contributed by atoms with Crippen LogP contribution in [0, 0.1) is 11.3 Å². The molecule has 0 spiro atoms. The van der Waals surface area contributed by atoms with Gasteiger partial charge in [0.2, 0.25) is 0 Å². The Labute approximate surface area is 109 Å². The summed E-state index contributed by atoms with van der Waals surface area (Å²) in [6, 6.07) is 2.85. The first-order chi connectivity index (χ1) is 8.23. The highest BCUT2D eigenvalue weighted by molar-refractivity contribution is 6.31. The summed E-state index contributed by atoms with van der Waals surface area (Å²) in [5, 5.41) is 11.1. The number of hydrogen-bond acceptors (Lipinski definition) is 4. The van der Waals surface area contributed by atoms with E-state index in [1.54, 1.807) is 26.8 Å². The molecule has 1 aromatic rings. The Kier molecular flexibility index (Phi) is 3.99.